The lowest BCUT2D eigenvalue weighted by atomic mass is 9.84. The van der Waals surface area contributed by atoms with Crippen molar-refractivity contribution >= 4 is 11.3 Å². The van der Waals surface area contributed by atoms with Crippen molar-refractivity contribution in [2.45, 2.75) is 65.6 Å². The Kier molecular flexibility index (Phi) is 5.27. The molecule has 1 N–H and O–H groups in total. The first-order chi connectivity index (χ1) is 9.41. The van der Waals surface area contributed by atoms with Crippen LogP contribution in [0.3, 0.4) is 0 Å². The standard InChI is InChI=1S/C17H30N2S/c1-6-14-11-18-16(17(3,4)5)12-19(14)13(2)10-15-8-7-9-20-15/h7-9,13-14,16,18H,6,10-12H2,1-5H3. The van der Waals surface area contributed by atoms with Gasteiger partial charge in [0, 0.05) is 36.1 Å². The third kappa shape index (κ3) is 3.84. The minimum Gasteiger partial charge on any atom is -0.311 e. The van der Waals surface area contributed by atoms with Crippen LogP contribution in [0.15, 0.2) is 17.5 Å². The highest BCUT2D eigenvalue weighted by Gasteiger charge is 2.35. The fraction of sp³-hybridized carbons (Fsp3) is 0.765. The molecule has 114 valence electrons. The van der Waals surface area contributed by atoms with Crippen LogP contribution in [0.25, 0.3) is 0 Å². The molecule has 1 saturated heterocycles. The molecule has 1 fully saturated rings. The number of thiophene rings is 1. The van der Waals surface area contributed by atoms with E-state index in [1.807, 2.05) is 11.3 Å². The van der Waals surface area contributed by atoms with Gasteiger partial charge in [-0.3, -0.25) is 4.90 Å². The van der Waals surface area contributed by atoms with Gasteiger partial charge in [-0.2, -0.15) is 0 Å². The summed E-state index contributed by atoms with van der Waals surface area (Å²) in [4.78, 5) is 4.25. The van der Waals surface area contributed by atoms with Crippen LogP contribution in [-0.4, -0.2) is 36.1 Å². The zero-order valence-corrected chi connectivity index (χ0v) is 14.5. The Balaban J connectivity index is 2.04. The highest BCUT2D eigenvalue weighted by atomic mass is 32.1. The van der Waals surface area contributed by atoms with Crippen LogP contribution < -0.4 is 5.32 Å². The molecule has 3 unspecified atom stereocenters. The number of nitrogens with one attached hydrogen (secondary N) is 1. The lowest BCUT2D eigenvalue weighted by molar-refractivity contribution is 0.0538. The molecule has 2 nitrogen and oxygen atoms in total. The fourth-order valence-electron chi connectivity index (χ4n) is 3.16. The molecule has 0 aliphatic carbocycles. The Labute approximate surface area is 128 Å². The minimum absolute atomic E-state index is 0.333. The molecule has 3 atom stereocenters. The van der Waals surface area contributed by atoms with Crippen molar-refractivity contribution in [1.82, 2.24) is 10.2 Å². The van der Waals surface area contributed by atoms with Crippen LogP contribution in [-0.2, 0) is 6.42 Å². The summed E-state index contributed by atoms with van der Waals surface area (Å²) in [5.41, 5.74) is 0.333. The van der Waals surface area contributed by atoms with Gasteiger partial charge in [0.1, 0.15) is 0 Å². The summed E-state index contributed by atoms with van der Waals surface area (Å²) >= 11 is 1.89. The van der Waals surface area contributed by atoms with Gasteiger partial charge in [0.2, 0.25) is 0 Å². The summed E-state index contributed by atoms with van der Waals surface area (Å²) in [5.74, 6) is 0. The van der Waals surface area contributed by atoms with E-state index in [0.29, 0.717) is 23.5 Å². The van der Waals surface area contributed by atoms with Gasteiger partial charge in [-0.15, -0.1) is 11.3 Å². The van der Waals surface area contributed by atoms with E-state index in [2.05, 4.69) is 62.3 Å². The number of rotatable bonds is 4. The van der Waals surface area contributed by atoms with Crippen molar-refractivity contribution < 1.29 is 0 Å². The first-order valence-corrected chi connectivity index (χ1v) is 8.81. The molecule has 0 saturated carbocycles. The molecule has 2 rings (SSSR count). The van der Waals surface area contributed by atoms with E-state index in [9.17, 15) is 0 Å². The molecule has 3 heteroatoms. The molecule has 0 bridgehead atoms. The normalized spacial score (nSPS) is 26.6. The van der Waals surface area contributed by atoms with E-state index < -0.39 is 0 Å². The molecule has 0 spiro atoms. The highest BCUT2D eigenvalue weighted by molar-refractivity contribution is 7.09. The van der Waals surface area contributed by atoms with Crippen LogP contribution in [0.2, 0.25) is 0 Å². The van der Waals surface area contributed by atoms with E-state index >= 15 is 0 Å². The van der Waals surface area contributed by atoms with E-state index in [1.54, 1.807) is 0 Å². The summed E-state index contributed by atoms with van der Waals surface area (Å²) in [5, 5.41) is 5.95. The average molecular weight is 295 g/mol. The maximum Gasteiger partial charge on any atom is 0.0244 e. The second-order valence-electron chi connectivity index (χ2n) is 7.22. The van der Waals surface area contributed by atoms with Gasteiger partial charge in [-0.25, -0.2) is 0 Å². The SMILES string of the molecule is CCC1CNC(C(C)(C)C)CN1C(C)Cc1cccs1. The lowest BCUT2D eigenvalue weighted by Crippen LogP contribution is -2.62. The molecule has 20 heavy (non-hydrogen) atoms. The lowest BCUT2D eigenvalue weighted by Gasteiger charge is -2.47. The zero-order chi connectivity index (χ0) is 14.8. The monoisotopic (exact) mass is 294 g/mol. The van der Waals surface area contributed by atoms with Crippen molar-refractivity contribution in [2.24, 2.45) is 5.41 Å². The smallest absolute Gasteiger partial charge is 0.0244 e. The summed E-state index contributed by atoms with van der Waals surface area (Å²) in [7, 11) is 0. The van der Waals surface area contributed by atoms with Gasteiger partial charge >= 0.3 is 0 Å². The largest absolute Gasteiger partial charge is 0.311 e. The number of hydrogen-bond acceptors (Lipinski definition) is 3. The number of piperazine rings is 1. The second kappa shape index (κ2) is 6.59. The second-order valence-corrected chi connectivity index (χ2v) is 8.25. The van der Waals surface area contributed by atoms with Crippen LogP contribution in [0.5, 0.6) is 0 Å². The average Bonchev–Trinajstić information content (AvgIpc) is 2.89. The Hall–Kier alpha value is -0.380. The number of hydrogen-bond donors (Lipinski definition) is 1. The quantitative estimate of drug-likeness (QED) is 0.909. The van der Waals surface area contributed by atoms with E-state index in [0.717, 1.165) is 6.54 Å². The molecule has 0 amide bonds. The van der Waals surface area contributed by atoms with Gasteiger partial charge in [-0.1, -0.05) is 33.8 Å². The molecular formula is C17H30N2S. The van der Waals surface area contributed by atoms with Gasteiger partial charge < -0.3 is 5.32 Å². The summed E-state index contributed by atoms with van der Waals surface area (Å²) in [6.45, 7) is 14.1. The first kappa shape index (κ1) is 16.0. The van der Waals surface area contributed by atoms with Crippen LogP contribution in [0, 0.1) is 5.41 Å². The summed E-state index contributed by atoms with van der Waals surface area (Å²) in [6, 6.07) is 6.34. The molecule has 1 aromatic rings. The Morgan fingerprint density at radius 1 is 1.45 bits per heavy atom. The van der Waals surface area contributed by atoms with Gasteiger partial charge in [0.15, 0.2) is 0 Å². The minimum atomic E-state index is 0.333. The van der Waals surface area contributed by atoms with Crippen LogP contribution >= 0.6 is 11.3 Å². The van der Waals surface area contributed by atoms with Gasteiger partial charge in [-0.05, 0) is 36.6 Å². The summed E-state index contributed by atoms with van der Waals surface area (Å²) in [6.07, 6.45) is 2.42. The zero-order valence-electron chi connectivity index (χ0n) is 13.6. The predicted octanol–water partition coefficient (Wildman–Crippen LogP) is 3.78. The maximum absolute atomic E-state index is 3.76. The topological polar surface area (TPSA) is 15.3 Å². The molecular weight excluding hydrogens is 264 g/mol. The third-order valence-electron chi connectivity index (χ3n) is 4.62. The van der Waals surface area contributed by atoms with Crippen LogP contribution in [0.4, 0.5) is 0 Å². The van der Waals surface area contributed by atoms with Gasteiger partial charge in [0.25, 0.3) is 0 Å². The number of nitrogens with zero attached hydrogens (tertiary/aromatic N) is 1. The molecule has 0 radical (unpaired) electrons. The van der Waals surface area contributed by atoms with Crippen molar-refractivity contribution in [3.8, 4) is 0 Å². The molecule has 1 aliphatic heterocycles. The van der Waals surface area contributed by atoms with E-state index in [-0.39, 0.29) is 0 Å². The fourth-order valence-corrected chi connectivity index (χ4v) is 3.98. The molecule has 1 aromatic heterocycles. The third-order valence-corrected chi connectivity index (χ3v) is 5.52. The van der Waals surface area contributed by atoms with Gasteiger partial charge in [0.05, 0.1) is 0 Å². The van der Waals surface area contributed by atoms with Crippen molar-refractivity contribution in [2.75, 3.05) is 13.1 Å². The van der Waals surface area contributed by atoms with E-state index in [4.69, 9.17) is 0 Å². The Morgan fingerprint density at radius 2 is 2.20 bits per heavy atom. The van der Waals surface area contributed by atoms with Crippen molar-refractivity contribution in [3.05, 3.63) is 22.4 Å². The van der Waals surface area contributed by atoms with Crippen molar-refractivity contribution in [1.29, 1.82) is 0 Å². The van der Waals surface area contributed by atoms with Crippen LogP contribution in [0.1, 0.15) is 45.9 Å². The van der Waals surface area contributed by atoms with E-state index in [1.165, 1.54) is 24.3 Å². The predicted molar refractivity (Wildman–Crippen MR) is 89.5 cm³/mol. The highest BCUT2D eigenvalue weighted by Crippen LogP contribution is 2.26. The van der Waals surface area contributed by atoms with Crippen molar-refractivity contribution in [3.63, 3.8) is 0 Å². The summed E-state index contributed by atoms with van der Waals surface area (Å²) < 4.78 is 0. The maximum atomic E-state index is 3.76. The Morgan fingerprint density at radius 3 is 2.75 bits per heavy atom. The first-order valence-electron chi connectivity index (χ1n) is 7.93. The molecule has 0 aromatic carbocycles. The molecule has 1 aliphatic rings. The Bertz CT molecular complexity index is 394. The molecule has 2 heterocycles.